The lowest BCUT2D eigenvalue weighted by atomic mass is 10.3. The summed E-state index contributed by atoms with van der Waals surface area (Å²) in [5.74, 6) is 0.538. The monoisotopic (exact) mass is 329 g/mol. The number of nitrogens with zero attached hydrogens (tertiary/aromatic N) is 2. The highest BCUT2D eigenvalue weighted by molar-refractivity contribution is 5.94. The standard InChI is InChI=1S/C17H19N3O4/c1-12(21)19-9-14-8-15(2-5-18-14)24-16-3-6-20(10-16)17(22)13-4-7-23-11-13/h2,4-5,7-8,11,16H,3,6,9-10H2,1H3,(H,19,21). The van der Waals surface area contributed by atoms with Gasteiger partial charge in [0.2, 0.25) is 5.91 Å². The topological polar surface area (TPSA) is 84.7 Å². The minimum Gasteiger partial charge on any atom is -0.488 e. The number of hydrogen-bond donors (Lipinski definition) is 1. The van der Waals surface area contributed by atoms with Crippen molar-refractivity contribution in [3.8, 4) is 5.75 Å². The van der Waals surface area contributed by atoms with Gasteiger partial charge in [0, 0.05) is 32.2 Å². The number of ether oxygens (including phenoxy) is 1. The number of furan rings is 1. The molecule has 0 bridgehead atoms. The zero-order valence-electron chi connectivity index (χ0n) is 13.4. The number of aromatic nitrogens is 1. The van der Waals surface area contributed by atoms with Crippen molar-refractivity contribution in [1.82, 2.24) is 15.2 Å². The molecule has 24 heavy (non-hydrogen) atoms. The number of amides is 2. The number of carbonyl (C=O) groups is 2. The Hall–Kier alpha value is -2.83. The Morgan fingerprint density at radius 2 is 2.33 bits per heavy atom. The normalized spacial score (nSPS) is 16.9. The summed E-state index contributed by atoms with van der Waals surface area (Å²) < 4.78 is 10.9. The number of carbonyl (C=O) groups excluding carboxylic acids is 2. The summed E-state index contributed by atoms with van der Waals surface area (Å²) in [6, 6.07) is 5.24. The zero-order valence-corrected chi connectivity index (χ0v) is 13.4. The quantitative estimate of drug-likeness (QED) is 0.901. The Balaban J connectivity index is 1.56. The molecule has 1 aliphatic heterocycles. The van der Waals surface area contributed by atoms with Crippen LogP contribution in [-0.4, -0.2) is 40.9 Å². The Kier molecular flexibility index (Phi) is 4.79. The van der Waals surface area contributed by atoms with Crippen LogP contribution >= 0.6 is 0 Å². The third-order valence-electron chi connectivity index (χ3n) is 3.81. The fourth-order valence-corrected chi connectivity index (χ4v) is 2.61. The zero-order chi connectivity index (χ0) is 16.9. The molecule has 2 aromatic heterocycles. The number of nitrogens with one attached hydrogen (secondary N) is 1. The van der Waals surface area contributed by atoms with Gasteiger partial charge in [-0.3, -0.25) is 14.6 Å². The minimum absolute atomic E-state index is 0.0454. The van der Waals surface area contributed by atoms with Crippen molar-refractivity contribution in [2.75, 3.05) is 13.1 Å². The Bertz CT molecular complexity index is 714. The van der Waals surface area contributed by atoms with Gasteiger partial charge in [-0.05, 0) is 12.1 Å². The predicted molar refractivity (Wildman–Crippen MR) is 85.4 cm³/mol. The average Bonchev–Trinajstić information content (AvgIpc) is 3.24. The first-order valence-corrected chi connectivity index (χ1v) is 7.79. The van der Waals surface area contributed by atoms with E-state index in [0.717, 1.165) is 12.1 Å². The third kappa shape index (κ3) is 3.92. The summed E-state index contributed by atoms with van der Waals surface area (Å²) in [6.07, 6.45) is 5.30. The van der Waals surface area contributed by atoms with E-state index in [9.17, 15) is 9.59 Å². The lowest BCUT2D eigenvalue weighted by Crippen LogP contribution is -2.30. The van der Waals surface area contributed by atoms with Gasteiger partial charge < -0.3 is 19.4 Å². The average molecular weight is 329 g/mol. The maximum atomic E-state index is 12.3. The fourth-order valence-electron chi connectivity index (χ4n) is 2.61. The Labute approximate surface area is 139 Å². The molecule has 0 radical (unpaired) electrons. The SMILES string of the molecule is CC(=O)NCc1cc(OC2CCN(C(=O)c3ccoc3)C2)ccn1. The number of likely N-dealkylation sites (tertiary alicyclic amines) is 1. The van der Waals surface area contributed by atoms with Crippen LogP contribution in [0.3, 0.4) is 0 Å². The van der Waals surface area contributed by atoms with Crippen molar-refractivity contribution in [3.63, 3.8) is 0 Å². The molecule has 3 heterocycles. The van der Waals surface area contributed by atoms with Crippen molar-refractivity contribution in [1.29, 1.82) is 0 Å². The van der Waals surface area contributed by atoms with Gasteiger partial charge in [0.15, 0.2) is 0 Å². The summed E-state index contributed by atoms with van der Waals surface area (Å²) in [5, 5.41) is 2.70. The van der Waals surface area contributed by atoms with Gasteiger partial charge >= 0.3 is 0 Å². The molecule has 0 spiro atoms. The Morgan fingerprint density at radius 3 is 3.08 bits per heavy atom. The predicted octanol–water partition coefficient (Wildman–Crippen LogP) is 1.60. The molecular formula is C17H19N3O4. The molecule has 3 rings (SSSR count). The van der Waals surface area contributed by atoms with E-state index < -0.39 is 0 Å². The summed E-state index contributed by atoms with van der Waals surface area (Å²) in [5.41, 5.74) is 1.28. The summed E-state index contributed by atoms with van der Waals surface area (Å²) in [4.78, 5) is 29.2. The van der Waals surface area contributed by atoms with Crippen molar-refractivity contribution in [3.05, 3.63) is 48.2 Å². The van der Waals surface area contributed by atoms with Crippen LogP contribution in [0.4, 0.5) is 0 Å². The summed E-state index contributed by atoms with van der Waals surface area (Å²) >= 11 is 0. The van der Waals surface area contributed by atoms with E-state index in [1.807, 2.05) is 0 Å². The number of pyridine rings is 1. The lowest BCUT2D eigenvalue weighted by molar-refractivity contribution is -0.119. The molecule has 1 aliphatic rings. The highest BCUT2D eigenvalue weighted by atomic mass is 16.5. The first kappa shape index (κ1) is 16.0. The van der Waals surface area contributed by atoms with Gasteiger partial charge in [0.1, 0.15) is 18.1 Å². The van der Waals surface area contributed by atoms with Gasteiger partial charge in [-0.25, -0.2) is 0 Å². The highest BCUT2D eigenvalue weighted by Gasteiger charge is 2.28. The second kappa shape index (κ2) is 7.16. The van der Waals surface area contributed by atoms with E-state index >= 15 is 0 Å². The molecule has 1 saturated heterocycles. The van der Waals surface area contributed by atoms with Crippen LogP contribution in [0.2, 0.25) is 0 Å². The first-order valence-electron chi connectivity index (χ1n) is 7.79. The van der Waals surface area contributed by atoms with Crippen LogP contribution < -0.4 is 10.1 Å². The van der Waals surface area contributed by atoms with Gasteiger partial charge in [0.25, 0.3) is 5.91 Å². The van der Waals surface area contributed by atoms with E-state index in [0.29, 0.717) is 30.9 Å². The molecule has 126 valence electrons. The maximum absolute atomic E-state index is 12.3. The number of hydrogen-bond acceptors (Lipinski definition) is 5. The minimum atomic E-state index is -0.104. The van der Waals surface area contributed by atoms with Crippen LogP contribution in [-0.2, 0) is 11.3 Å². The van der Waals surface area contributed by atoms with Crippen LogP contribution in [0.5, 0.6) is 5.75 Å². The molecule has 2 amide bonds. The van der Waals surface area contributed by atoms with Crippen molar-refractivity contribution < 1.29 is 18.7 Å². The third-order valence-corrected chi connectivity index (χ3v) is 3.81. The fraction of sp³-hybridized carbons (Fsp3) is 0.353. The molecule has 1 fully saturated rings. The van der Waals surface area contributed by atoms with Gasteiger partial charge in [-0.2, -0.15) is 0 Å². The van der Waals surface area contributed by atoms with E-state index in [1.165, 1.54) is 19.5 Å². The molecule has 7 nitrogen and oxygen atoms in total. The molecular weight excluding hydrogens is 310 g/mol. The summed E-state index contributed by atoms with van der Waals surface area (Å²) in [7, 11) is 0. The molecule has 1 unspecified atom stereocenters. The van der Waals surface area contributed by atoms with Gasteiger partial charge in [-0.15, -0.1) is 0 Å². The van der Waals surface area contributed by atoms with Crippen LogP contribution in [0, 0.1) is 0 Å². The van der Waals surface area contributed by atoms with Crippen LogP contribution in [0.25, 0.3) is 0 Å². The van der Waals surface area contributed by atoms with E-state index in [-0.39, 0.29) is 17.9 Å². The van der Waals surface area contributed by atoms with Gasteiger partial charge in [-0.1, -0.05) is 0 Å². The summed E-state index contributed by atoms with van der Waals surface area (Å²) in [6.45, 7) is 3.01. The number of rotatable bonds is 5. The van der Waals surface area contributed by atoms with E-state index in [2.05, 4.69) is 10.3 Å². The van der Waals surface area contributed by atoms with Crippen LogP contribution in [0.15, 0.2) is 41.3 Å². The largest absolute Gasteiger partial charge is 0.488 e. The van der Waals surface area contributed by atoms with Crippen molar-refractivity contribution in [2.24, 2.45) is 0 Å². The van der Waals surface area contributed by atoms with Gasteiger partial charge in [0.05, 0.1) is 30.6 Å². The molecule has 0 aromatic carbocycles. The van der Waals surface area contributed by atoms with Crippen molar-refractivity contribution in [2.45, 2.75) is 26.0 Å². The molecule has 1 atom stereocenters. The molecule has 2 aromatic rings. The first-order chi connectivity index (χ1) is 11.6. The molecule has 0 aliphatic carbocycles. The lowest BCUT2D eigenvalue weighted by Gasteiger charge is -2.17. The highest BCUT2D eigenvalue weighted by Crippen LogP contribution is 2.20. The molecule has 7 heteroatoms. The molecule has 0 saturated carbocycles. The van der Waals surface area contributed by atoms with Crippen molar-refractivity contribution >= 4 is 11.8 Å². The van der Waals surface area contributed by atoms with E-state index in [1.54, 1.807) is 29.3 Å². The Morgan fingerprint density at radius 1 is 1.46 bits per heavy atom. The second-order valence-corrected chi connectivity index (χ2v) is 5.68. The molecule has 1 N–H and O–H groups in total. The van der Waals surface area contributed by atoms with E-state index in [4.69, 9.17) is 9.15 Å². The van der Waals surface area contributed by atoms with Crippen LogP contribution in [0.1, 0.15) is 29.4 Å². The maximum Gasteiger partial charge on any atom is 0.257 e. The smallest absolute Gasteiger partial charge is 0.257 e. The second-order valence-electron chi connectivity index (χ2n) is 5.68.